The third kappa shape index (κ3) is 45.2. The smallest absolute Gasteiger partial charge is 0.305 e. The van der Waals surface area contributed by atoms with Crippen molar-refractivity contribution in [1.82, 2.24) is 5.32 Å². The zero-order chi connectivity index (χ0) is 55.9. The van der Waals surface area contributed by atoms with Crippen LogP contribution in [0.15, 0.2) is 36.5 Å². The van der Waals surface area contributed by atoms with Crippen molar-refractivity contribution in [3.05, 3.63) is 36.5 Å². The van der Waals surface area contributed by atoms with E-state index in [0.29, 0.717) is 19.4 Å². The van der Waals surface area contributed by atoms with E-state index in [1.807, 2.05) is 6.08 Å². The Hall–Kier alpha value is -2.12. The maximum absolute atomic E-state index is 13.1. The monoisotopic (exact) mass is 1090 g/mol. The number of esters is 1. The molecule has 452 valence electrons. The van der Waals surface area contributed by atoms with Gasteiger partial charge in [0.05, 0.1) is 32.0 Å². The summed E-state index contributed by atoms with van der Waals surface area (Å²) in [6.07, 6.45) is 59.6. The lowest BCUT2D eigenvalue weighted by Gasteiger charge is -2.40. The Balaban J connectivity index is 2.06. The SMILES string of the molecule is CCCCCCCCCC/C=C/CC/C=C/C(O)C(COC1OC(CO)C(O)C(O)C1O)NC(=O)CCCCCCCCCC/C=C\CCCCCCCCCCCCCCOC(=O)CCCCCCCCCCCCC. The van der Waals surface area contributed by atoms with Crippen LogP contribution in [0.5, 0.6) is 0 Å². The molecule has 11 nitrogen and oxygen atoms in total. The molecular weight excluding hydrogens is 967 g/mol. The van der Waals surface area contributed by atoms with Gasteiger partial charge in [-0.2, -0.15) is 0 Å². The second-order valence-corrected chi connectivity index (χ2v) is 22.8. The van der Waals surface area contributed by atoms with Crippen LogP contribution in [0, 0.1) is 0 Å². The molecule has 6 N–H and O–H groups in total. The average Bonchev–Trinajstić information content (AvgIpc) is 3.43. The first kappa shape index (κ1) is 72.9. The Labute approximate surface area is 473 Å². The number of ether oxygens (including phenoxy) is 3. The molecule has 0 saturated carbocycles. The molecule has 0 aliphatic carbocycles. The maximum atomic E-state index is 13.1. The fourth-order valence-corrected chi connectivity index (χ4v) is 10.3. The van der Waals surface area contributed by atoms with E-state index in [9.17, 15) is 35.1 Å². The molecule has 0 aromatic carbocycles. The minimum absolute atomic E-state index is 0.000775. The van der Waals surface area contributed by atoms with Crippen LogP contribution in [-0.2, 0) is 23.8 Å². The van der Waals surface area contributed by atoms with Crippen molar-refractivity contribution in [2.45, 2.75) is 352 Å². The predicted molar refractivity (Wildman–Crippen MR) is 320 cm³/mol. The van der Waals surface area contributed by atoms with E-state index in [-0.39, 0.29) is 18.5 Å². The normalized spacial score (nSPS) is 18.8. The van der Waals surface area contributed by atoms with E-state index in [4.69, 9.17) is 14.2 Å². The van der Waals surface area contributed by atoms with Gasteiger partial charge in [0.1, 0.15) is 24.4 Å². The number of nitrogens with one attached hydrogen (secondary N) is 1. The summed E-state index contributed by atoms with van der Waals surface area (Å²) in [7, 11) is 0. The van der Waals surface area contributed by atoms with Crippen molar-refractivity contribution in [3.8, 4) is 0 Å². The van der Waals surface area contributed by atoms with Crippen LogP contribution in [0.4, 0.5) is 0 Å². The van der Waals surface area contributed by atoms with Crippen molar-refractivity contribution in [2.75, 3.05) is 19.8 Å². The molecule has 77 heavy (non-hydrogen) atoms. The number of hydrogen-bond acceptors (Lipinski definition) is 10. The van der Waals surface area contributed by atoms with Crippen LogP contribution < -0.4 is 5.32 Å². The molecule has 7 unspecified atom stereocenters. The van der Waals surface area contributed by atoms with Crippen LogP contribution >= 0.6 is 0 Å². The molecule has 1 fully saturated rings. The summed E-state index contributed by atoms with van der Waals surface area (Å²) >= 11 is 0. The Morgan fingerprint density at radius 3 is 1.29 bits per heavy atom. The highest BCUT2D eigenvalue weighted by Crippen LogP contribution is 2.23. The lowest BCUT2D eigenvalue weighted by atomic mass is 9.99. The molecule has 0 aromatic rings. The number of allylic oxidation sites excluding steroid dienone is 5. The second kappa shape index (κ2) is 55.8. The van der Waals surface area contributed by atoms with E-state index in [1.54, 1.807) is 6.08 Å². The second-order valence-electron chi connectivity index (χ2n) is 22.8. The molecule has 1 aliphatic heterocycles. The average molecular weight is 1090 g/mol. The minimum atomic E-state index is -1.58. The van der Waals surface area contributed by atoms with Gasteiger partial charge in [-0.1, -0.05) is 262 Å². The number of unbranched alkanes of at least 4 members (excludes halogenated alkanes) is 39. The molecule has 1 amide bonds. The van der Waals surface area contributed by atoms with E-state index in [1.165, 1.54) is 212 Å². The maximum Gasteiger partial charge on any atom is 0.305 e. The van der Waals surface area contributed by atoms with Crippen molar-refractivity contribution in [3.63, 3.8) is 0 Å². The molecule has 1 aliphatic rings. The molecule has 0 bridgehead atoms. The van der Waals surface area contributed by atoms with Gasteiger partial charge >= 0.3 is 5.97 Å². The Kier molecular flexibility index (Phi) is 52.8. The summed E-state index contributed by atoms with van der Waals surface area (Å²) in [6.45, 7) is 4.33. The number of amides is 1. The number of carbonyl (C=O) groups is 2. The summed E-state index contributed by atoms with van der Waals surface area (Å²) in [6, 6.07) is -0.831. The number of aliphatic hydroxyl groups excluding tert-OH is 5. The van der Waals surface area contributed by atoms with Gasteiger partial charge in [0.15, 0.2) is 6.29 Å². The van der Waals surface area contributed by atoms with Gasteiger partial charge < -0.3 is 45.1 Å². The first-order valence-electron chi connectivity index (χ1n) is 32.8. The zero-order valence-electron chi connectivity index (χ0n) is 49.9. The van der Waals surface area contributed by atoms with Crippen LogP contribution in [0.2, 0.25) is 0 Å². The van der Waals surface area contributed by atoms with Crippen LogP contribution in [0.3, 0.4) is 0 Å². The quantitative estimate of drug-likeness (QED) is 0.0195. The standard InChI is InChI=1S/C66H123NO10/c1-3-5-7-9-11-13-15-16-29-33-36-40-44-48-52-59(69)58(57-76-66-65(74)64(73)63(72)60(56-68)77-66)67-61(70)53-49-45-41-37-34-30-27-25-23-21-19-17-18-20-22-24-26-28-31-35-39-43-47-51-55-75-62(71)54-50-46-42-38-32-14-12-10-8-6-4-2/h19,21,33,36,48,52,58-60,63-66,68-69,72-74H,3-18,20,22-32,34-35,37-47,49-51,53-57H2,1-2H3,(H,67,70)/b21-19-,36-33+,52-48+. The van der Waals surface area contributed by atoms with Gasteiger partial charge in [-0.15, -0.1) is 0 Å². The highest BCUT2D eigenvalue weighted by atomic mass is 16.7. The Bertz CT molecular complexity index is 1370. The van der Waals surface area contributed by atoms with E-state index < -0.39 is 49.5 Å². The van der Waals surface area contributed by atoms with Crippen molar-refractivity contribution in [2.24, 2.45) is 0 Å². The van der Waals surface area contributed by atoms with Crippen molar-refractivity contribution >= 4 is 11.9 Å². The topological polar surface area (TPSA) is 175 Å². The van der Waals surface area contributed by atoms with Gasteiger partial charge in [-0.3, -0.25) is 9.59 Å². The van der Waals surface area contributed by atoms with Crippen LogP contribution in [0.1, 0.15) is 309 Å². The highest BCUT2D eigenvalue weighted by Gasteiger charge is 2.44. The van der Waals surface area contributed by atoms with Gasteiger partial charge in [-0.25, -0.2) is 0 Å². The number of hydrogen-bond donors (Lipinski definition) is 6. The minimum Gasteiger partial charge on any atom is -0.466 e. The highest BCUT2D eigenvalue weighted by molar-refractivity contribution is 5.76. The third-order valence-corrected chi connectivity index (χ3v) is 15.5. The summed E-state index contributed by atoms with van der Waals surface area (Å²) in [5.74, 6) is -0.195. The Morgan fingerprint density at radius 1 is 0.468 bits per heavy atom. The molecule has 1 heterocycles. The summed E-state index contributed by atoms with van der Waals surface area (Å²) in [5.41, 5.74) is 0. The van der Waals surface area contributed by atoms with Gasteiger partial charge in [0.25, 0.3) is 0 Å². The number of aliphatic hydroxyl groups is 5. The van der Waals surface area contributed by atoms with E-state index in [2.05, 4.69) is 43.5 Å². The summed E-state index contributed by atoms with van der Waals surface area (Å²) in [4.78, 5) is 25.1. The van der Waals surface area contributed by atoms with Gasteiger partial charge in [0.2, 0.25) is 5.91 Å². The van der Waals surface area contributed by atoms with Crippen LogP contribution in [0.25, 0.3) is 0 Å². The van der Waals surface area contributed by atoms with Crippen molar-refractivity contribution < 1.29 is 49.3 Å². The molecule has 7 atom stereocenters. The lowest BCUT2D eigenvalue weighted by molar-refractivity contribution is -0.302. The Morgan fingerprint density at radius 2 is 0.844 bits per heavy atom. The third-order valence-electron chi connectivity index (χ3n) is 15.5. The van der Waals surface area contributed by atoms with Gasteiger partial charge in [0, 0.05) is 12.8 Å². The van der Waals surface area contributed by atoms with E-state index in [0.717, 1.165) is 70.6 Å². The first-order valence-corrected chi connectivity index (χ1v) is 32.8. The number of carbonyl (C=O) groups excluding carboxylic acids is 2. The predicted octanol–water partition coefficient (Wildman–Crippen LogP) is 15.8. The largest absolute Gasteiger partial charge is 0.466 e. The molecule has 11 heteroatoms. The summed E-state index contributed by atoms with van der Waals surface area (Å²) < 4.78 is 16.7. The number of rotatable bonds is 57. The summed E-state index contributed by atoms with van der Waals surface area (Å²) in [5, 5.41) is 54.4. The lowest BCUT2D eigenvalue weighted by Crippen LogP contribution is -2.60. The molecular formula is C66H123NO10. The van der Waals surface area contributed by atoms with Crippen LogP contribution in [-0.4, -0.2) is 100 Å². The van der Waals surface area contributed by atoms with Crippen molar-refractivity contribution in [1.29, 1.82) is 0 Å². The molecule has 0 spiro atoms. The molecule has 1 rings (SSSR count). The van der Waals surface area contributed by atoms with E-state index >= 15 is 0 Å². The molecule has 1 saturated heterocycles. The molecule has 0 aromatic heterocycles. The first-order chi connectivity index (χ1) is 37.7. The fraction of sp³-hybridized carbons (Fsp3) is 0.879. The molecule has 0 radical (unpaired) electrons. The fourth-order valence-electron chi connectivity index (χ4n) is 10.3. The zero-order valence-corrected chi connectivity index (χ0v) is 49.9. The van der Waals surface area contributed by atoms with Gasteiger partial charge in [-0.05, 0) is 70.6 Å².